The van der Waals surface area contributed by atoms with Gasteiger partial charge in [-0.15, -0.1) is 0 Å². The molecule has 0 spiro atoms. The van der Waals surface area contributed by atoms with E-state index < -0.39 is 0 Å². The molecule has 0 heterocycles. The lowest BCUT2D eigenvalue weighted by Gasteiger charge is -2.11. The number of ether oxygens (including phenoxy) is 1. The molecule has 0 radical (unpaired) electrons. The lowest BCUT2D eigenvalue weighted by molar-refractivity contribution is -0.114. The molecular weight excluding hydrogens is 287 g/mol. The molecule has 22 heavy (non-hydrogen) atoms. The molecule has 0 atom stereocenters. The predicted molar refractivity (Wildman–Crippen MR) is 81.7 cm³/mol. The Labute approximate surface area is 127 Å². The van der Waals surface area contributed by atoms with E-state index in [0.29, 0.717) is 22.7 Å². The number of carbonyl (C=O) groups is 2. The Balaban J connectivity index is 2.22. The topological polar surface area (TPSA) is 67.4 Å². The third-order valence-corrected chi connectivity index (χ3v) is 2.87. The molecule has 2 amide bonds. The van der Waals surface area contributed by atoms with Crippen LogP contribution in [-0.4, -0.2) is 18.9 Å². The van der Waals surface area contributed by atoms with Crippen LogP contribution in [0.15, 0.2) is 42.5 Å². The molecule has 0 fully saturated rings. The molecule has 0 unspecified atom stereocenters. The van der Waals surface area contributed by atoms with E-state index in [-0.39, 0.29) is 17.6 Å². The van der Waals surface area contributed by atoms with Gasteiger partial charge in [0.1, 0.15) is 11.6 Å². The number of carbonyl (C=O) groups excluding carboxylic acids is 2. The molecular formula is C16H15FN2O3. The van der Waals surface area contributed by atoms with Gasteiger partial charge in [-0.1, -0.05) is 0 Å². The van der Waals surface area contributed by atoms with Gasteiger partial charge in [0.2, 0.25) is 5.91 Å². The van der Waals surface area contributed by atoms with Gasteiger partial charge < -0.3 is 15.4 Å². The monoisotopic (exact) mass is 302 g/mol. The van der Waals surface area contributed by atoms with Gasteiger partial charge in [-0.3, -0.25) is 9.59 Å². The molecule has 0 bridgehead atoms. The van der Waals surface area contributed by atoms with E-state index in [1.807, 2.05) is 0 Å². The average Bonchev–Trinajstić information content (AvgIpc) is 2.49. The summed E-state index contributed by atoms with van der Waals surface area (Å²) < 4.78 is 18.0. The van der Waals surface area contributed by atoms with Crippen LogP contribution >= 0.6 is 0 Å². The minimum Gasteiger partial charge on any atom is -0.495 e. The van der Waals surface area contributed by atoms with Crippen LogP contribution in [0.5, 0.6) is 5.75 Å². The second kappa shape index (κ2) is 6.71. The van der Waals surface area contributed by atoms with E-state index >= 15 is 0 Å². The molecule has 2 aromatic carbocycles. The standard InChI is InChI=1S/C16H15FN2O3/c1-10(20)18-14-9-11(3-8-15(14)22-2)16(21)19-13-6-4-12(17)5-7-13/h3-9H,1-2H3,(H,18,20)(H,19,21). The number of halogens is 1. The van der Waals surface area contributed by atoms with Crippen molar-refractivity contribution in [3.05, 3.63) is 53.8 Å². The summed E-state index contributed by atoms with van der Waals surface area (Å²) in [7, 11) is 1.47. The van der Waals surface area contributed by atoms with Crippen LogP contribution in [0.1, 0.15) is 17.3 Å². The van der Waals surface area contributed by atoms with E-state index in [4.69, 9.17) is 4.74 Å². The first kappa shape index (κ1) is 15.5. The third kappa shape index (κ3) is 3.82. The zero-order valence-corrected chi connectivity index (χ0v) is 12.1. The number of methoxy groups -OCH3 is 1. The van der Waals surface area contributed by atoms with Crippen LogP contribution in [0.4, 0.5) is 15.8 Å². The first-order valence-corrected chi connectivity index (χ1v) is 6.52. The zero-order valence-electron chi connectivity index (χ0n) is 12.1. The molecule has 5 nitrogen and oxygen atoms in total. The van der Waals surface area contributed by atoms with Gasteiger partial charge in [0.25, 0.3) is 5.91 Å². The van der Waals surface area contributed by atoms with Gasteiger partial charge in [0, 0.05) is 18.2 Å². The number of anilines is 2. The summed E-state index contributed by atoms with van der Waals surface area (Å²) in [6.45, 7) is 1.37. The van der Waals surface area contributed by atoms with Crippen molar-refractivity contribution in [3.63, 3.8) is 0 Å². The molecule has 114 valence electrons. The van der Waals surface area contributed by atoms with Gasteiger partial charge in [0.15, 0.2) is 0 Å². The van der Waals surface area contributed by atoms with Crippen molar-refractivity contribution in [2.45, 2.75) is 6.92 Å². The molecule has 0 aliphatic heterocycles. The average molecular weight is 302 g/mol. The Kier molecular flexibility index (Phi) is 4.73. The largest absolute Gasteiger partial charge is 0.495 e. The Morgan fingerprint density at radius 2 is 1.73 bits per heavy atom. The highest BCUT2D eigenvalue weighted by Gasteiger charge is 2.11. The SMILES string of the molecule is COc1ccc(C(=O)Nc2ccc(F)cc2)cc1NC(C)=O. The van der Waals surface area contributed by atoms with E-state index in [1.54, 1.807) is 12.1 Å². The smallest absolute Gasteiger partial charge is 0.255 e. The van der Waals surface area contributed by atoms with Gasteiger partial charge >= 0.3 is 0 Å². The molecule has 0 aliphatic rings. The molecule has 0 saturated carbocycles. The Bertz CT molecular complexity index is 699. The molecule has 6 heteroatoms. The zero-order chi connectivity index (χ0) is 16.1. The van der Waals surface area contributed by atoms with E-state index in [9.17, 15) is 14.0 Å². The van der Waals surface area contributed by atoms with E-state index in [0.717, 1.165) is 0 Å². The number of benzene rings is 2. The number of nitrogens with one attached hydrogen (secondary N) is 2. The Hall–Kier alpha value is -2.89. The number of hydrogen-bond acceptors (Lipinski definition) is 3. The molecule has 2 aromatic rings. The fraction of sp³-hybridized carbons (Fsp3) is 0.125. The molecule has 0 saturated heterocycles. The van der Waals surface area contributed by atoms with Crippen LogP contribution in [0, 0.1) is 5.82 Å². The number of hydrogen-bond donors (Lipinski definition) is 2. The summed E-state index contributed by atoms with van der Waals surface area (Å²) >= 11 is 0. The molecule has 0 aliphatic carbocycles. The second-order valence-electron chi connectivity index (χ2n) is 4.56. The Morgan fingerprint density at radius 3 is 2.32 bits per heavy atom. The quantitative estimate of drug-likeness (QED) is 0.912. The highest BCUT2D eigenvalue weighted by atomic mass is 19.1. The van der Waals surface area contributed by atoms with Crippen molar-refractivity contribution < 1.29 is 18.7 Å². The predicted octanol–water partition coefficient (Wildman–Crippen LogP) is 3.05. The molecule has 2 rings (SSSR count). The minimum absolute atomic E-state index is 0.269. The third-order valence-electron chi connectivity index (χ3n) is 2.87. The van der Waals surface area contributed by atoms with Crippen LogP contribution in [-0.2, 0) is 4.79 Å². The normalized spacial score (nSPS) is 9.95. The van der Waals surface area contributed by atoms with Gasteiger partial charge in [-0.25, -0.2) is 4.39 Å². The summed E-state index contributed by atoms with van der Waals surface area (Å²) in [5, 5.41) is 5.24. The summed E-state index contributed by atoms with van der Waals surface area (Å²) in [6, 6.07) is 10.1. The van der Waals surface area contributed by atoms with E-state index in [2.05, 4.69) is 10.6 Å². The summed E-state index contributed by atoms with van der Waals surface area (Å²) in [6.07, 6.45) is 0. The molecule has 0 aromatic heterocycles. The van der Waals surface area contributed by atoms with Gasteiger partial charge in [0.05, 0.1) is 12.8 Å². The second-order valence-corrected chi connectivity index (χ2v) is 4.56. The maximum Gasteiger partial charge on any atom is 0.255 e. The fourth-order valence-corrected chi connectivity index (χ4v) is 1.87. The van der Waals surface area contributed by atoms with Crippen molar-refractivity contribution in [2.75, 3.05) is 17.7 Å². The van der Waals surface area contributed by atoms with Crippen LogP contribution in [0.3, 0.4) is 0 Å². The molecule has 2 N–H and O–H groups in total. The lowest BCUT2D eigenvalue weighted by Crippen LogP contribution is -2.13. The van der Waals surface area contributed by atoms with Crippen molar-refractivity contribution in [2.24, 2.45) is 0 Å². The van der Waals surface area contributed by atoms with Gasteiger partial charge in [-0.05, 0) is 42.5 Å². The fourth-order valence-electron chi connectivity index (χ4n) is 1.87. The summed E-state index contributed by atoms with van der Waals surface area (Å²) in [5.74, 6) is -0.570. The summed E-state index contributed by atoms with van der Waals surface area (Å²) in [4.78, 5) is 23.4. The first-order valence-electron chi connectivity index (χ1n) is 6.52. The van der Waals surface area contributed by atoms with E-state index in [1.165, 1.54) is 44.4 Å². The minimum atomic E-state index is -0.379. The summed E-state index contributed by atoms with van der Waals surface area (Å²) in [5.41, 5.74) is 1.22. The van der Waals surface area contributed by atoms with Crippen LogP contribution in [0.25, 0.3) is 0 Å². The Morgan fingerprint density at radius 1 is 1.05 bits per heavy atom. The maximum atomic E-state index is 12.8. The van der Waals surface area contributed by atoms with Gasteiger partial charge in [-0.2, -0.15) is 0 Å². The van der Waals surface area contributed by atoms with Crippen LogP contribution in [0.2, 0.25) is 0 Å². The van der Waals surface area contributed by atoms with Crippen molar-refractivity contribution in [3.8, 4) is 5.75 Å². The van der Waals surface area contributed by atoms with Crippen LogP contribution < -0.4 is 15.4 Å². The highest BCUT2D eigenvalue weighted by molar-refractivity contribution is 6.05. The van der Waals surface area contributed by atoms with Crippen molar-refractivity contribution in [1.29, 1.82) is 0 Å². The highest BCUT2D eigenvalue weighted by Crippen LogP contribution is 2.26. The number of rotatable bonds is 4. The first-order chi connectivity index (χ1) is 10.5. The number of amides is 2. The van der Waals surface area contributed by atoms with Crippen molar-refractivity contribution in [1.82, 2.24) is 0 Å². The van der Waals surface area contributed by atoms with Crippen molar-refractivity contribution >= 4 is 23.2 Å². The maximum absolute atomic E-state index is 12.8. The lowest BCUT2D eigenvalue weighted by atomic mass is 10.1.